The number of hydrogen-bond donors (Lipinski definition) is 2. The van der Waals surface area contributed by atoms with Crippen LogP contribution in [0.5, 0.6) is 0 Å². The van der Waals surface area contributed by atoms with Crippen molar-refractivity contribution in [2.45, 2.75) is 6.54 Å². The van der Waals surface area contributed by atoms with Crippen LogP contribution < -0.4 is 10.6 Å². The van der Waals surface area contributed by atoms with Crippen molar-refractivity contribution in [3.05, 3.63) is 65.7 Å². The van der Waals surface area contributed by atoms with Crippen LogP contribution >= 0.6 is 0 Å². The Morgan fingerprint density at radius 3 is 2.45 bits per heavy atom. The molecule has 2 aromatic rings. The van der Waals surface area contributed by atoms with Crippen LogP contribution in [-0.4, -0.2) is 12.5 Å². The molecule has 0 radical (unpaired) electrons. The van der Waals surface area contributed by atoms with E-state index in [9.17, 15) is 13.6 Å². The largest absolute Gasteiger partial charge is 0.376 e. The first-order valence-corrected chi connectivity index (χ1v) is 6.15. The molecule has 0 unspecified atom stereocenters. The predicted octanol–water partition coefficient (Wildman–Crippen LogP) is 2.69. The van der Waals surface area contributed by atoms with Gasteiger partial charge in [-0.25, -0.2) is 8.78 Å². The number of halogens is 2. The van der Waals surface area contributed by atoms with Crippen LogP contribution in [0.1, 0.15) is 5.56 Å². The number of benzene rings is 2. The highest BCUT2D eigenvalue weighted by atomic mass is 19.2. The molecule has 1 amide bonds. The average molecular weight is 276 g/mol. The summed E-state index contributed by atoms with van der Waals surface area (Å²) in [6.07, 6.45) is 0. The lowest BCUT2D eigenvalue weighted by molar-refractivity contribution is -0.119. The molecule has 0 aliphatic carbocycles. The molecule has 0 saturated heterocycles. The topological polar surface area (TPSA) is 41.1 Å². The molecule has 20 heavy (non-hydrogen) atoms. The van der Waals surface area contributed by atoms with Gasteiger partial charge >= 0.3 is 0 Å². The van der Waals surface area contributed by atoms with Crippen molar-refractivity contribution in [3.8, 4) is 0 Å². The number of anilines is 1. The minimum atomic E-state index is -0.945. The summed E-state index contributed by atoms with van der Waals surface area (Å²) in [4.78, 5) is 11.6. The Morgan fingerprint density at radius 2 is 1.75 bits per heavy atom. The molecule has 2 N–H and O–H groups in total. The highest BCUT2D eigenvalue weighted by molar-refractivity contribution is 5.80. The van der Waals surface area contributed by atoms with E-state index in [0.717, 1.165) is 17.7 Å². The van der Waals surface area contributed by atoms with Gasteiger partial charge in [0.2, 0.25) is 5.91 Å². The third-order valence-corrected chi connectivity index (χ3v) is 2.71. The summed E-state index contributed by atoms with van der Waals surface area (Å²) < 4.78 is 25.7. The lowest BCUT2D eigenvalue weighted by Crippen LogP contribution is -2.29. The van der Waals surface area contributed by atoms with Crippen LogP contribution in [0.15, 0.2) is 48.5 Å². The smallest absolute Gasteiger partial charge is 0.239 e. The molecule has 0 saturated carbocycles. The first-order chi connectivity index (χ1) is 9.65. The zero-order valence-electron chi connectivity index (χ0n) is 10.7. The van der Waals surface area contributed by atoms with Crippen LogP contribution in [0, 0.1) is 11.6 Å². The van der Waals surface area contributed by atoms with E-state index >= 15 is 0 Å². The van der Waals surface area contributed by atoms with Crippen LogP contribution in [0.2, 0.25) is 0 Å². The number of carbonyl (C=O) groups excluding carboxylic acids is 1. The molecule has 3 nitrogen and oxygen atoms in total. The molecule has 0 aliphatic heterocycles. The molecule has 0 spiro atoms. The molecule has 0 aliphatic rings. The minimum absolute atomic E-state index is 0.00208. The number of carbonyl (C=O) groups is 1. The number of hydrogen-bond acceptors (Lipinski definition) is 2. The van der Waals surface area contributed by atoms with Crippen molar-refractivity contribution in [2.24, 2.45) is 0 Å². The van der Waals surface area contributed by atoms with Crippen molar-refractivity contribution in [3.63, 3.8) is 0 Å². The lowest BCUT2D eigenvalue weighted by atomic mass is 10.2. The quantitative estimate of drug-likeness (QED) is 0.881. The van der Waals surface area contributed by atoms with Crippen molar-refractivity contribution >= 4 is 11.6 Å². The van der Waals surface area contributed by atoms with Gasteiger partial charge in [0.25, 0.3) is 0 Å². The summed E-state index contributed by atoms with van der Waals surface area (Å²) in [5.41, 5.74) is 1.35. The second-order valence-corrected chi connectivity index (χ2v) is 4.24. The van der Waals surface area contributed by atoms with E-state index in [4.69, 9.17) is 0 Å². The molecule has 2 rings (SSSR count). The van der Waals surface area contributed by atoms with Gasteiger partial charge in [-0.2, -0.15) is 0 Å². The van der Waals surface area contributed by atoms with Crippen molar-refractivity contribution in [1.29, 1.82) is 0 Å². The second kappa shape index (κ2) is 6.65. The number of amides is 1. The third-order valence-electron chi connectivity index (χ3n) is 2.71. The number of nitrogens with one attached hydrogen (secondary N) is 2. The Bertz CT molecular complexity index is 588. The summed E-state index contributed by atoms with van der Waals surface area (Å²) in [5, 5.41) is 5.46. The SMILES string of the molecule is O=C(CNc1ccc(F)c(F)c1)NCc1ccccc1. The summed E-state index contributed by atoms with van der Waals surface area (Å²) >= 11 is 0. The van der Waals surface area contributed by atoms with Gasteiger partial charge in [0, 0.05) is 18.3 Å². The summed E-state index contributed by atoms with van der Waals surface area (Å²) in [7, 11) is 0. The molecule has 0 heterocycles. The highest BCUT2D eigenvalue weighted by Crippen LogP contribution is 2.12. The Kier molecular flexibility index (Phi) is 4.65. The maximum atomic E-state index is 13.0. The number of rotatable bonds is 5. The van der Waals surface area contributed by atoms with E-state index in [2.05, 4.69) is 10.6 Å². The summed E-state index contributed by atoms with van der Waals surface area (Å²) in [5.74, 6) is -2.08. The van der Waals surface area contributed by atoms with E-state index in [1.807, 2.05) is 30.3 Å². The monoisotopic (exact) mass is 276 g/mol. The van der Waals surface area contributed by atoms with Crippen molar-refractivity contribution in [2.75, 3.05) is 11.9 Å². The zero-order chi connectivity index (χ0) is 14.4. The van der Waals surface area contributed by atoms with Gasteiger partial charge in [-0.15, -0.1) is 0 Å². The van der Waals surface area contributed by atoms with Crippen molar-refractivity contribution < 1.29 is 13.6 Å². The average Bonchev–Trinajstić information content (AvgIpc) is 2.47. The van der Waals surface area contributed by atoms with Crippen LogP contribution in [-0.2, 0) is 11.3 Å². The fourth-order valence-electron chi connectivity index (χ4n) is 1.65. The van der Waals surface area contributed by atoms with Gasteiger partial charge < -0.3 is 10.6 Å². The van der Waals surface area contributed by atoms with E-state index in [-0.39, 0.29) is 12.5 Å². The van der Waals surface area contributed by atoms with Gasteiger partial charge in [0.05, 0.1) is 6.54 Å². The highest BCUT2D eigenvalue weighted by Gasteiger charge is 2.04. The van der Waals surface area contributed by atoms with E-state index in [1.165, 1.54) is 6.07 Å². The summed E-state index contributed by atoms with van der Waals surface area (Å²) in [6, 6.07) is 12.9. The Labute approximate surface area is 115 Å². The van der Waals surface area contributed by atoms with Gasteiger partial charge in [-0.3, -0.25) is 4.79 Å². The van der Waals surface area contributed by atoms with Crippen LogP contribution in [0.3, 0.4) is 0 Å². The predicted molar refractivity (Wildman–Crippen MR) is 73.1 cm³/mol. The molecule has 5 heteroatoms. The lowest BCUT2D eigenvalue weighted by Gasteiger charge is -2.08. The molecular weight excluding hydrogens is 262 g/mol. The molecule has 0 aromatic heterocycles. The Morgan fingerprint density at radius 1 is 1.00 bits per heavy atom. The maximum absolute atomic E-state index is 13.0. The maximum Gasteiger partial charge on any atom is 0.239 e. The van der Waals surface area contributed by atoms with E-state index in [1.54, 1.807) is 0 Å². The van der Waals surface area contributed by atoms with Crippen molar-refractivity contribution in [1.82, 2.24) is 5.32 Å². The molecule has 0 atom stereocenters. The molecule has 2 aromatic carbocycles. The third kappa shape index (κ3) is 4.05. The van der Waals surface area contributed by atoms with Gasteiger partial charge in [-0.1, -0.05) is 30.3 Å². The molecule has 0 fully saturated rings. The first-order valence-electron chi connectivity index (χ1n) is 6.15. The Balaban J connectivity index is 1.79. The normalized spacial score (nSPS) is 10.1. The standard InChI is InChI=1S/C15H14F2N2O/c16-13-7-6-12(8-14(13)17)18-10-15(20)19-9-11-4-2-1-3-5-11/h1-8,18H,9-10H2,(H,19,20). The molecule has 0 bridgehead atoms. The minimum Gasteiger partial charge on any atom is -0.376 e. The van der Waals surface area contributed by atoms with Gasteiger partial charge in [-0.05, 0) is 17.7 Å². The fraction of sp³-hybridized carbons (Fsp3) is 0.133. The van der Waals surface area contributed by atoms with E-state index in [0.29, 0.717) is 12.2 Å². The van der Waals surface area contributed by atoms with Crippen LogP contribution in [0.4, 0.5) is 14.5 Å². The van der Waals surface area contributed by atoms with E-state index < -0.39 is 11.6 Å². The molecule has 104 valence electrons. The first kappa shape index (κ1) is 14.0. The Hall–Kier alpha value is -2.43. The second-order valence-electron chi connectivity index (χ2n) is 4.24. The summed E-state index contributed by atoms with van der Waals surface area (Å²) in [6.45, 7) is 0.428. The zero-order valence-corrected chi connectivity index (χ0v) is 10.7. The molecular formula is C15H14F2N2O. The van der Waals surface area contributed by atoms with Gasteiger partial charge in [0.1, 0.15) is 0 Å². The van der Waals surface area contributed by atoms with Crippen LogP contribution in [0.25, 0.3) is 0 Å². The fourth-order valence-corrected chi connectivity index (χ4v) is 1.65. The van der Waals surface area contributed by atoms with Gasteiger partial charge in [0.15, 0.2) is 11.6 Å².